The number of aliphatic hydroxyl groups is 1. The van der Waals surface area contributed by atoms with Crippen LogP contribution in [0.1, 0.15) is 40.0 Å². The summed E-state index contributed by atoms with van der Waals surface area (Å²) in [4.78, 5) is 16.3. The summed E-state index contributed by atoms with van der Waals surface area (Å²) in [5.74, 6) is 0.0965. The summed E-state index contributed by atoms with van der Waals surface area (Å²) in [6.07, 6.45) is 1.85. The van der Waals surface area contributed by atoms with Crippen molar-refractivity contribution in [1.82, 2.24) is 9.80 Å². The third-order valence-electron chi connectivity index (χ3n) is 3.49. The van der Waals surface area contributed by atoms with Crippen molar-refractivity contribution in [3.8, 4) is 0 Å². The Bertz CT molecular complexity index is 246. The van der Waals surface area contributed by atoms with E-state index < -0.39 is 5.60 Å². The molecule has 0 bridgehead atoms. The van der Waals surface area contributed by atoms with E-state index in [9.17, 15) is 9.90 Å². The van der Waals surface area contributed by atoms with Gasteiger partial charge in [-0.2, -0.15) is 0 Å². The van der Waals surface area contributed by atoms with E-state index in [-0.39, 0.29) is 12.3 Å². The van der Waals surface area contributed by atoms with Gasteiger partial charge in [-0.1, -0.05) is 20.3 Å². The molecule has 0 spiro atoms. The van der Waals surface area contributed by atoms with E-state index in [0.29, 0.717) is 6.42 Å². The van der Waals surface area contributed by atoms with Crippen molar-refractivity contribution in [2.24, 2.45) is 0 Å². The number of hydrogen-bond donors (Lipinski definition) is 1. The lowest BCUT2D eigenvalue weighted by molar-refractivity contribution is -0.137. The first-order valence-electron chi connectivity index (χ1n) is 6.71. The maximum absolute atomic E-state index is 12.0. The van der Waals surface area contributed by atoms with E-state index in [1.54, 1.807) is 6.92 Å². The van der Waals surface area contributed by atoms with E-state index in [4.69, 9.17) is 0 Å². The molecule has 0 saturated carbocycles. The second-order valence-electron chi connectivity index (χ2n) is 5.24. The van der Waals surface area contributed by atoms with Crippen LogP contribution >= 0.6 is 0 Å². The van der Waals surface area contributed by atoms with Gasteiger partial charge in [-0.25, -0.2) is 0 Å². The van der Waals surface area contributed by atoms with Gasteiger partial charge in [-0.3, -0.25) is 4.79 Å². The van der Waals surface area contributed by atoms with E-state index in [2.05, 4.69) is 11.8 Å². The van der Waals surface area contributed by atoms with Gasteiger partial charge in [-0.05, 0) is 19.9 Å². The molecule has 1 amide bonds. The van der Waals surface area contributed by atoms with Crippen LogP contribution < -0.4 is 0 Å². The van der Waals surface area contributed by atoms with Crippen LogP contribution in [0.3, 0.4) is 0 Å². The zero-order valence-corrected chi connectivity index (χ0v) is 11.4. The molecule has 1 atom stereocenters. The molecule has 0 radical (unpaired) electrons. The number of amides is 1. The van der Waals surface area contributed by atoms with Gasteiger partial charge in [0.25, 0.3) is 0 Å². The monoisotopic (exact) mass is 242 g/mol. The van der Waals surface area contributed by atoms with Gasteiger partial charge in [0.1, 0.15) is 0 Å². The van der Waals surface area contributed by atoms with Gasteiger partial charge in [0.2, 0.25) is 5.91 Å². The van der Waals surface area contributed by atoms with Crippen molar-refractivity contribution in [1.29, 1.82) is 0 Å². The van der Waals surface area contributed by atoms with Gasteiger partial charge in [0.15, 0.2) is 0 Å². The standard InChI is InChI=1S/C13H26N2O2/c1-4-6-13(3,17)11-12(16)15-9-7-14(5-2)8-10-15/h17H,4-11H2,1-3H3. The average Bonchev–Trinajstić information content (AvgIpc) is 2.28. The van der Waals surface area contributed by atoms with Gasteiger partial charge >= 0.3 is 0 Å². The van der Waals surface area contributed by atoms with Crippen LogP contribution in [-0.2, 0) is 4.79 Å². The molecule has 17 heavy (non-hydrogen) atoms. The Hall–Kier alpha value is -0.610. The molecule has 1 aliphatic rings. The predicted octanol–water partition coefficient (Wildman–Crippen LogP) is 1.09. The fourth-order valence-corrected chi connectivity index (χ4v) is 2.38. The number of rotatable bonds is 5. The molecule has 0 aromatic heterocycles. The number of carbonyl (C=O) groups is 1. The normalized spacial score (nSPS) is 21.3. The Morgan fingerprint density at radius 1 is 1.24 bits per heavy atom. The van der Waals surface area contributed by atoms with Crippen molar-refractivity contribution in [3.63, 3.8) is 0 Å². The van der Waals surface area contributed by atoms with Crippen LogP contribution in [0.2, 0.25) is 0 Å². The molecule has 1 unspecified atom stereocenters. The highest BCUT2D eigenvalue weighted by molar-refractivity contribution is 5.77. The van der Waals surface area contributed by atoms with Crippen LogP contribution in [0.4, 0.5) is 0 Å². The summed E-state index contributed by atoms with van der Waals surface area (Å²) in [5, 5.41) is 10.1. The quantitative estimate of drug-likeness (QED) is 0.785. The molecule has 1 rings (SSSR count). The van der Waals surface area contributed by atoms with Crippen LogP contribution in [-0.4, -0.2) is 59.1 Å². The summed E-state index contributed by atoms with van der Waals surface area (Å²) in [6.45, 7) is 10.5. The number of nitrogens with zero attached hydrogens (tertiary/aromatic N) is 2. The Morgan fingerprint density at radius 3 is 2.29 bits per heavy atom. The molecule has 1 fully saturated rings. The largest absolute Gasteiger partial charge is 0.390 e. The van der Waals surface area contributed by atoms with Crippen molar-refractivity contribution < 1.29 is 9.90 Å². The first-order valence-corrected chi connectivity index (χ1v) is 6.71. The molecule has 1 aliphatic heterocycles. The van der Waals surface area contributed by atoms with Crippen LogP contribution in [0.25, 0.3) is 0 Å². The van der Waals surface area contributed by atoms with E-state index in [1.165, 1.54) is 0 Å². The van der Waals surface area contributed by atoms with Crippen molar-refractivity contribution >= 4 is 5.91 Å². The molecule has 0 aliphatic carbocycles. The lowest BCUT2D eigenvalue weighted by Gasteiger charge is -2.35. The lowest BCUT2D eigenvalue weighted by atomic mass is 9.96. The zero-order chi connectivity index (χ0) is 12.9. The van der Waals surface area contributed by atoms with Gasteiger partial charge in [-0.15, -0.1) is 0 Å². The summed E-state index contributed by atoms with van der Waals surface area (Å²) in [5.41, 5.74) is -0.840. The fraction of sp³-hybridized carbons (Fsp3) is 0.923. The van der Waals surface area contributed by atoms with E-state index in [0.717, 1.165) is 39.1 Å². The Kier molecular flexibility index (Phi) is 5.40. The molecule has 1 N–H and O–H groups in total. The molecular formula is C13H26N2O2. The minimum absolute atomic E-state index is 0.0965. The maximum atomic E-state index is 12.0. The number of carbonyl (C=O) groups excluding carboxylic acids is 1. The molecule has 1 saturated heterocycles. The smallest absolute Gasteiger partial charge is 0.225 e. The zero-order valence-electron chi connectivity index (χ0n) is 11.4. The maximum Gasteiger partial charge on any atom is 0.225 e. The Labute approximate surface area is 105 Å². The second kappa shape index (κ2) is 6.36. The topological polar surface area (TPSA) is 43.8 Å². The van der Waals surface area contributed by atoms with Crippen molar-refractivity contribution in [2.45, 2.75) is 45.6 Å². The Morgan fingerprint density at radius 2 is 1.82 bits per heavy atom. The average molecular weight is 242 g/mol. The van der Waals surface area contributed by atoms with Crippen molar-refractivity contribution in [2.75, 3.05) is 32.7 Å². The number of likely N-dealkylation sites (N-methyl/N-ethyl adjacent to an activating group) is 1. The summed E-state index contributed by atoms with van der Waals surface area (Å²) in [6, 6.07) is 0. The highest BCUT2D eigenvalue weighted by Gasteiger charge is 2.27. The molecule has 4 heteroatoms. The van der Waals surface area contributed by atoms with Crippen LogP contribution in [0, 0.1) is 0 Å². The van der Waals surface area contributed by atoms with Gasteiger partial charge in [0.05, 0.1) is 12.0 Å². The third kappa shape index (κ3) is 4.64. The molecule has 100 valence electrons. The summed E-state index contributed by atoms with van der Waals surface area (Å²) >= 11 is 0. The SMILES string of the molecule is CCCC(C)(O)CC(=O)N1CCN(CC)CC1. The van der Waals surface area contributed by atoms with Gasteiger partial charge in [0, 0.05) is 26.2 Å². The minimum atomic E-state index is -0.840. The molecule has 1 heterocycles. The van der Waals surface area contributed by atoms with E-state index >= 15 is 0 Å². The fourth-order valence-electron chi connectivity index (χ4n) is 2.38. The van der Waals surface area contributed by atoms with Crippen LogP contribution in [0.5, 0.6) is 0 Å². The summed E-state index contributed by atoms with van der Waals surface area (Å²) < 4.78 is 0. The Balaban J connectivity index is 2.39. The lowest BCUT2D eigenvalue weighted by Crippen LogP contribution is -2.49. The summed E-state index contributed by atoms with van der Waals surface area (Å²) in [7, 11) is 0. The molecular weight excluding hydrogens is 216 g/mol. The molecule has 0 aromatic carbocycles. The first kappa shape index (κ1) is 14.5. The van der Waals surface area contributed by atoms with Gasteiger partial charge < -0.3 is 14.9 Å². The second-order valence-corrected chi connectivity index (χ2v) is 5.24. The molecule has 0 aromatic rings. The highest BCUT2D eigenvalue weighted by atomic mass is 16.3. The van der Waals surface area contributed by atoms with Crippen molar-refractivity contribution in [3.05, 3.63) is 0 Å². The number of piperazine rings is 1. The highest BCUT2D eigenvalue weighted by Crippen LogP contribution is 2.18. The molecule has 4 nitrogen and oxygen atoms in total. The van der Waals surface area contributed by atoms with Crippen LogP contribution in [0.15, 0.2) is 0 Å². The minimum Gasteiger partial charge on any atom is -0.390 e. The van der Waals surface area contributed by atoms with E-state index in [1.807, 2.05) is 11.8 Å². The first-order chi connectivity index (χ1) is 7.98. The number of hydrogen-bond acceptors (Lipinski definition) is 3. The predicted molar refractivity (Wildman–Crippen MR) is 68.8 cm³/mol. The third-order valence-corrected chi connectivity index (χ3v) is 3.49.